The molecule has 2 aliphatic carbocycles. The molecule has 2 aromatic carbocycles. The van der Waals surface area contributed by atoms with Crippen molar-refractivity contribution in [3.05, 3.63) is 68.7 Å². The highest BCUT2D eigenvalue weighted by Crippen LogP contribution is 2.52. The maximum atomic E-state index is 13.2. The number of carbonyl (C=O) groups excluding carboxylic acids is 1. The van der Waals surface area contributed by atoms with Crippen molar-refractivity contribution in [2.24, 2.45) is 11.8 Å². The quantitative estimate of drug-likeness (QED) is 0.340. The molecule has 0 unspecified atom stereocenters. The van der Waals surface area contributed by atoms with Gasteiger partial charge in [-0.1, -0.05) is 49.1 Å². The molecule has 3 heterocycles. The number of aldehydes is 1. The maximum absolute atomic E-state index is 13.2. The van der Waals surface area contributed by atoms with Gasteiger partial charge in [0.2, 0.25) is 0 Å². The van der Waals surface area contributed by atoms with Gasteiger partial charge in [-0.3, -0.25) is 9.36 Å². The van der Waals surface area contributed by atoms with Crippen molar-refractivity contribution in [1.29, 1.82) is 0 Å². The molecule has 0 amide bonds. The molecule has 0 radical (unpaired) electrons. The number of carbonyl (C=O) groups is 1. The molecule has 1 saturated heterocycles. The van der Waals surface area contributed by atoms with Crippen molar-refractivity contribution >= 4 is 28.8 Å². The van der Waals surface area contributed by atoms with Gasteiger partial charge in [0.15, 0.2) is 0 Å². The van der Waals surface area contributed by atoms with Gasteiger partial charge >= 0.3 is 0 Å². The molecule has 0 atom stereocenters. The van der Waals surface area contributed by atoms with Crippen LogP contribution in [0.25, 0.3) is 16.6 Å². The Morgan fingerprint density at radius 3 is 2.49 bits per heavy atom. The van der Waals surface area contributed by atoms with E-state index in [4.69, 9.17) is 16.6 Å². The number of fused-ring (bicyclic) bond motifs is 7. The second kappa shape index (κ2) is 10.2. The lowest BCUT2D eigenvalue weighted by atomic mass is 9.69. The first-order valence-electron chi connectivity index (χ1n) is 15.1. The Labute approximate surface area is 235 Å². The van der Waals surface area contributed by atoms with Crippen molar-refractivity contribution in [2.75, 3.05) is 19.6 Å². The summed E-state index contributed by atoms with van der Waals surface area (Å²) in [5.41, 5.74) is 4.47. The normalized spacial score (nSPS) is 25.1. The summed E-state index contributed by atoms with van der Waals surface area (Å²) in [4.78, 5) is 31.7. The number of rotatable bonds is 4. The smallest absolute Gasteiger partial charge is 0.282 e. The van der Waals surface area contributed by atoms with E-state index in [1.807, 2.05) is 12.1 Å². The van der Waals surface area contributed by atoms with E-state index in [1.54, 1.807) is 6.07 Å². The van der Waals surface area contributed by atoms with Gasteiger partial charge < -0.3 is 9.69 Å². The van der Waals surface area contributed by atoms with Crippen LogP contribution in [0.5, 0.6) is 0 Å². The molecule has 0 bridgehead atoms. The first-order valence-corrected chi connectivity index (χ1v) is 15.5. The van der Waals surface area contributed by atoms with Crippen LogP contribution in [0.3, 0.4) is 0 Å². The number of aromatic nitrogens is 2. The van der Waals surface area contributed by atoms with Crippen molar-refractivity contribution < 1.29 is 4.79 Å². The Balaban J connectivity index is 1.19. The topological polar surface area (TPSA) is 55.2 Å². The molecule has 1 spiro atoms. The fourth-order valence-electron chi connectivity index (χ4n) is 8.27. The molecular formula is C33H38ClN3O2. The third-order valence-electron chi connectivity index (χ3n) is 10.4. The van der Waals surface area contributed by atoms with Crippen molar-refractivity contribution in [1.82, 2.24) is 14.5 Å². The summed E-state index contributed by atoms with van der Waals surface area (Å²) in [6, 6.07) is 12.9. The van der Waals surface area contributed by atoms with Gasteiger partial charge in [-0.05, 0) is 106 Å². The Morgan fingerprint density at radius 1 is 0.974 bits per heavy atom. The number of benzene rings is 2. The lowest BCUT2D eigenvalue weighted by Crippen LogP contribution is -2.37. The predicted molar refractivity (Wildman–Crippen MR) is 156 cm³/mol. The summed E-state index contributed by atoms with van der Waals surface area (Å²) in [6.07, 6.45) is 13.7. The van der Waals surface area contributed by atoms with E-state index in [-0.39, 0.29) is 11.0 Å². The SMILES string of the molecule is O=CC1CCC(CN2CCC(c3ccc4c(c3)-n3c(nc(=O)c5c(Cl)cccc53)C43CCCCC3)CC2)CC1. The van der Waals surface area contributed by atoms with Crippen LogP contribution in [0.2, 0.25) is 5.02 Å². The fraction of sp³-hybridized carbons (Fsp3) is 0.545. The highest BCUT2D eigenvalue weighted by atomic mass is 35.5. The second-order valence-corrected chi connectivity index (χ2v) is 13.0. The largest absolute Gasteiger partial charge is 0.303 e. The van der Waals surface area contributed by atoms with Crippen LogP contribution in [-0.2, 0) is 10.2 Å². The summed E-state index contributed by atoms with van der Waals surface area (Å²) in [7, 11) is 0. The standard InChI is InChI=1S/C33H38ClN3O2/c34-27-5-4-6-28-30(27)31(39)35-32-33(15-2-1-3-16-33)26-12-11-25(19-29(26)37(28)32)24-13-17-36(18-14-24)20-22-7-9-23(21-38)10-8-22/h4-6,11-12,19,21-24H,1-3,7-10,13-18,20H2. The van der Waals surface area contributed by atoms with Crippen LogP contribution < -0.4 is 5.56 Å². The molecule has 7 rings (SSSR count). The lowest BCUT2D eigenvalue weighted by molar-refractivity contribution is -0.112. The number of hydrogen-bond acceptors (Lipinski definition) is 4. The zero-order valence-electron chi connectivity index (χ0n) is 22.7. The Kier molecular flexibility index (Phi) is 6.63. The predicted octanol–water partition coefficient (Wildman–Crippen LogP) is 6.79. The number of hydrogen-bond donors (Lipinski definition) is 0. The van der Waals surface area contributed by atoms with Gasteiger partial charge in [0.05, 0.1) is 27.0 Å². The summed E-state index contributed by atoms with van der Waals surface area (Å²) in [5.74, 6) is 2.51. The maximum Gasteiger partial charge on any atom is 0.282 e. The van der Waals surface area contributed by atoms with Gasteiger partial charge in [0.25, 0.3) is 5.56 Å². The third-order valence-corrected chi connectivity index (χ3v) is 10.8. The molecule has 4 aliphatic rings. The van der Waals surface area contributed by atoms with Gasteiger partial charge in [-0.15, -0.1) is 0 Å². The molecular weight excluding hydrogens is 506 g/mol. The van der Waals surface area contributed by atoms with Crippen LogP contribution in [0, 0.1) is 11.8 Å². The van der Waals surface area contributed by atoms with Crippen LogP contribution >= 0.6 is 11.6 Å². The molecule has 2 saturated carbocycles. The number of likely N-dealkylation sites (tertiary alicyclic amines) is 1. The number of piperidine rings is 1. The molecule has 3 fully saturated rings. The summed E-state index contributed by atoms with van der Waals surface area (Å²) >= 11 is 6.55. The Hall–Kier alpha value is -2.50. The lowest BCUT2D eigenvalue weighted by Gasteiger charge is -2.36. The van der Waals surface area contributed by atoms with E-state index in [2.05, 4.69) is 27.7 Å². The van der Waals surface area contributed by atoms with Crippen molar-refractivity contribution in [2.45, 2.75) is 82.0 Å². The molecule has 0 N–H and O–H groups in total. The fourth-order valence-corrected chi connectivity index (χ4v) is 8.52. The Bertz CT molecular complexity index is 1460. The van der Waals surface area contributed by atoms with Crippen LogP contribution in [0.4, 0.5) is 0 Å². The molecule has 6 heteroatoms. The van der Waals surface area contributed by atoms with E-state index >= 15 is 0 Å². The minimum Gasteiger partial charge on any atom is -0.303 e. The highest BCUT2D eigenvalue weighted by Gasteiger charge is 2.46. The molecule has 2 aliphatic heterocycles. The van der Waals surface area contributed by atoms with Gasteiger partial charge in [-0.25, -0.2) is 0 Å². The summed E-state index contributed by atoms with van der Waals surface area (Å²) in [6.45, 7) is 3.47. The van der Waals surface area contributed by atoms with E-state index in [1.165, 1.54) is 68.3 Å². The second-order valence-electron chi connectivity index (χ2n) is 12.6. The average molecular weight is 544 g/mol. The average Bonchev–Trinajstić information content (AvgIpc) is 3.22. The van der Waals surface area contributed by atoms with E-state index in [0.29, 0.717) is 22.2 Å². The molecule has 5 nitrogen and oxygen atoms in total. The third kappa shape index (κ3) is 4.28. The van der Waals surface area contributed by atoms with Crippen LogP contribution in [0.1, 0.15) is 93.5 Å². The van der Waals surface area contributed by atoms with Gasteiger partial charge in [0.1, 0.15) is 12.1 Å². The van der Waals surface area contributed by atoms with Crippen molar-refractivity contribution in [3.63, 3.8) is 0 Å². The van der Waals surface area contributed by atoms with Crippen LogP contribution in [0.15, 0.2) is 41.2 Å². The summed E-state index contributed by atoms with van der Waals surface area (Å²) in [5, 5.41) is 1.01. The molecule has 39 heavy (non-hydrogen) atoms. The minimum atomic E-state index is -0.202. The number of halogens is 1. The molecule has 1 aromatic heterocycles. The van der Waals surface area contributed by atoms with E-state index in [0.717, 1.165) is 62.3 Å². The Morgan fingerprint density at radius 2 is 1.74 bits per heavy atom. The molecule has 204 valence electrons. The first-order chi connectivity index (χ1) is 19.1. The van der Waals surface area contributed by atoms with E-state index < -0.39 is 0 Å². The van der Waals surface area contributed by atoms with Gasteiger partial charge in [-0.2, -0.15) is 4.98 Å². The first kappa shape index (κ1) is 25.5. The monoisotopic (exact) mass is 543 g/mol. The number of nitrogens with zero attached hydrogens (tertiary/aromatic N) is 3. The highest BCUT2D eigenvalue weighted by molar-refractivity contribution is 6.35. The zero-order valence-corrected chi connectivity index (χ0v) is 23.5. The zero-order chi connectivity index (χ0) is 26.6. The minimum absolute atomic E-state index is 0.173. The van der Waals surface area contributed by atoms with Crippen molar-refractivity contribution in [3.8, 4) is 5.69 Å². The van der Waals surface area contributed by atoms with Crippen LogP contribution in [-0.4, -0.2) is 40.4 Å². The summed E-state index contributed by atoms with van der Waals surface area (Å²) < 4.78 is 2.28. The van der Waals surface area contributed by atoms with E-state index in [9.17, 15) is 9.59 Å². The molecule has 3 aromatic rings. The van der Waals surface area contributed by atoms with Gasteiger partial charge in [0, 0.05) is 12.5 Å².